The molecule has 0 aromatic heterocycles. The first-order valence-electron chi connectivity index (χ1n) is 5.20. The number of hydrogen-bond acceptors (Lipinski definition) is 3. The van der Waals surface area contributed by atoms with Gasteiger partial charge in [0.1, 0.15) is 11.4 Å². The molecule has 0 aliphatic rings. The van der Waals surface area contributed by atoms with Crippen LogP contribution in [0.4, 0.5) is 5.69 Å². The fraction of sp³-hybridized carbons (Fsp3) is 0.417. The van der Waals surface area contributed by atoms with Gasteiger partial charge < -0.3 is 15.8 Å². The highest BCUT2D eigenvalue weighted by atomic mass is 35.5. The fourth-order valence-electron chi connectivity index (χ4n) is 1.17. The summed E-state index contributed by atoms with van der Waals surface area (Å²) in [5.74, 6) is 0.572. The van der Waals surface area contributed by atoms with Gasteiger partial charge >= 0.3 is 0 Å². The fourth-order valence-corrected chi connectivity index (χ4v) is 1.17. The first-order valence-corrected chi connectivity index (χ1v) is 5.20. The molecule has 0 saturated carbocycles. The lowest BCUT2D eigenvalue weighted by atomic mass is 10.2. The molecule has 0 bridgehead atoms. The summed E-state index contributed by atoms with van der Waals surface area (Å²) in [6.07, 6.45) is 0. The van der Waals surface area contributed by atoms with E-state index in [-0.39, 0.29) is 30.5 Å². The van der Waals surface area contributed by atoms with Crippen LogP contribution >= 0.6 is 12.4 Å². The zero-order valence-corrected chi connectivity index (χ0v) is 11.1. The Balaban J connectivity index is 0.00000256. The van der Waals surface area contributed by atoms with E-state index in [0.29, 0.717) is 0 Å². The number of carbonyl (C=O) groups excluding carboxylic acids is 1. The van der Waals surface area contributed by atoms with E-state index in [1.54, 1.807) is 12.1 Å². The Hall–Kier alpha value is -1.26. The van der Waals surface area contributed by atoms with Crippen LogP contribution in [0, 0.1) is 0 Å². The predicted octanol–water partition coefficient (Wildman–Crippen LogP) is 2.18. The van der Waals surface area contributed by atoms with E-state index in [1.807, 2.05) is 32.9 Å². The second-order valence-electron chi connectivity index (χ2n) is 4.49. The van der Waals surface area contributed by atoms with Crippen molar-refractivity contribution >= 4 is 24.0 Å². The highest BCUT2D eigenvalue weighted by molar-refractivity contribution is 5.92. The highest BCUT2D eigenvalue weighted by Crippen LogP contribution is 2.20. The molecule has 1 aromatic rings. The number of rotatable bonds is 3. The molecular weight excluding hydrogens is 240 g/mol. The maximum atomic E-state index is 11.0. The van der Waals surface area contributed by atoms with Crippen LogP contribution in [-0.4, -0.2) is 18.1 Å². The molecule has 5 heteroatoms. The average molecular weight is 259 g/mol. The molecular formula is C12H19ClN2O2. The van der Waals surface area contributed by atoms with Crippen molar-refractivity contribution in [1.82, 2.24) is 0 Å². The number of ether oxygens (including phenoxy) is 1. The number of anilines is 1. The van der Waals surface area contributed by atoms with E-state index in [2.05, 4.69) is 5.32 Å². The molecule has 0 spiro atoms. The van der Waals surface area contributed by atoms with Crippen LogP contribution in [0.2, 0.25) is 0 Å². The molecule has 17 heavy (non-hydrogen) atoms. The monoisotopic (exact) mass is 258 g/mol. The molecule has 0 fully saturated rings. The van der Waals surface area contributed by atoms with Crippen LogP contribution in [0.3, 0.4) is 0 Å². The number of halogens is 1. The molecule has 3 N–H and O–H groups in total. The first kappa shape index (κ1) is 15.7. The summed E-state index contributed by atoms with van der Waals surface area (Å²) >= 11 is 0. The van der Waals surface area contributed by atoms with Crippen LogP contribution in [0.5, 0.6) is 5.75 Å². The van der Waals surface area contributed by atoms with Crippen LogP contribution in [0.15, 0.2) is 24.3 Å². The van der Waals surface area contributed by atoms with Gasteiger partial charge in [-0.1, -0.05) is 0 Å². The van der Waals surface area contributed by atoms with Gasteiger partial charge in [-0.25, -0.2) is 0 Å². The summed E-state index contributed by atoms with van der Waals surface area (Å²) in [5, 5.41) is 2.66. The van der Waals surface area contributed by atoms with Gasteiger partial charge in [0.25, 0.3) is 0 Å². The standard InChI is InChI=1S/C12H18N2O2.ClH/c1-12(2,3)16-10-6-4-9(5-7-10)14-11(15)8-13;/h4-7H,8,13H2,1-3H3,(H,14,15);1H. The Morgan fingerprint density at radius 2 is 1.82 bits per heavy atom. The topological polar surface area (TPSA) is 64.3 Å². The van der Waals surface area contributed by atoms with Gasteiger partial charge in [0.05, 0.1) is 6.54 Å². The van der Waals surface area contributed by atoms with Crippen LogP contribution in [0.25, 0.3) is 0 Å². The Morgan fingerprint density at radius 1 is 1.29 bits per heavy atom. The number of carbonyl (C=O) groups is 1. The second kappa shape index (κ2) is 6.47. The number of benzene rings is 1. The van der Waals surface area contributed by atoms with Gasteiger partial charge in [-0.2, -0.15) is 0 Å². The Morgan fingerprint density at radius 3 is 2.24 bits per heavy atom. The van der Waals surface area contributed by atoms with E-state index < -0.39 is 0 Å². The summed E-state index contributed by atoms with van der Waals surface area (Å²) in [7, 11) is 0. The molecule has 1 rings (SSSR count). The van der Waals surface area contributed by atoms with E-state index in [9.17, 15) is 4.79 Å². The van der Waals surface area contributed by atoms with Gasteiger partial charge in [-0.15, -0.1) is 12.4 Å². The van der Waals surface area contributed by atoms with Crippen molar-refractivity contribution in [2.75, 3.05) is 11.9 Å². The lowest BCUT2D eigenvalue weighted by Gasteiger charge is -2.21. The van der Waals surface area contributed by atoms with Gasteiger partial charge in [0.2, 0.25) is 5.91 Å². The van der Waals surface area contributed by atoms with Gasteiger partial charge in [-0.3, -0.25) is 4.79 Å². The maximum absolute atomic E-state index is 11.0. The average Bonchev–Trinajstić information content (AvgIpc) is 2.18. The Bertz CT molecular complexity index is 358. The predicted molar refractivity (Wildman–Crippen MR) is 71.8 cm³/mol. The minimum atomic E-state index is -0.220. The lowest BCUT2D eigenvalue weighted by molar-refractivity contribution is -0.114. The number of amides is 1. The van der Waals surface area contributed by atoms with Crippen LogP contribution < -0.4 is 15.8 Å². The van der Waals surface area contributed by atoms with Crippen molar-refractivity contribution in [2.24, 2.45) is 5.73 Å². The molecule has 4 nitrogen and oxygen atoms in total. The largest absolute Gasteiger partial charge is 0.488 e. The van der Waals surface area contributed by atoms with Crippen molar-refractivity contribution in [1.29, 1.82) is 0 Å². The Labute approximate surface area is 108 Å². The third-order valence-electron chi connectivity index (χ3n) is 1.75. The van der Waals surface area contributed by atoms with Gasteiger partial charge in [0.15, 0.2) is 0 Å². The molecule has 0 radical (unpaired) electrons. The third kappa shape index (κ3) is 6.14. The molecule has 0 unspecified atom stereocenters. The number of hydrogen-bond donors (Lipinski definition) is 2. The molecule has 0 atom stereocenters. The minimum absolute atomic E-state index is 0. The number of nitrogens with two attached hydrogens (primary N) is 1. The van der Waals surface area contributed by atoms with Gasteiger partial charge in [-0.05, 0) is 45.0 Å². The van der Waals surface area contributed by atoms with Crippen molar-refractivity contribution in [3.8, 4) is 5.75 Å². The molecule has 0 heterocycles. The molecule has 0 aliphatic heterocycles. The zero-order chi connectivity index (χ0) is 12.2. The number of nitrogens with one attached hydrogen (secondary N) is 1. The zero-order valence-electron chi connectivity index (χ0n) is 10.3. The van der Waals surface area contributed by atoms with E-state index in [1.165, 1.54) is 0 Å². The minimum Gasteiger partial charge on any atom is -0.488 e. The Kier molecular flexibility index (Phi) is 5.99. The SMILES string of the molecule is CC(C)(C)Oc1ccc(NC(=O)CN)cc1.Cl. The van der Waals surface area contributed by atoms with E-state index in [0.717, 1.165) is 11.4 Å². The maximum Gasteiger partial charge on any atom is 0.238 e. The second-order valence-corrected chi connectivity index (χ2v) is 4.49. The summed E-state index contributed by atoms with van der Waals surface area (Å²) in [6.45, 7) is 5.94. The quantitative estimate of drug-likeness (QED) is 0.874. The molecule has 96 valence electrons. The van der Waals surface area contributed by atoms with Crippen LogP contribution in [-0.2, 0) is 4.79 Å². The molecule has 1 amide bonds. The van der Waals surface area contributed by atoms with Gasteiger partial charge in [0, 0.05) is 5.69 Å². The van der Waals surface area contributed by atoms with Crippen molar-refractivity contribution in [2.45, 2.75) is 26.4 Å². The summed E-state index contributed by atoms with van der Waals surface area (Å²) in [4.78, 5) is 11.0. The van der Waals surface area contributed by atoms with Crippen molar-refractivity contribution < 1.29 is 9.53 Å². The summed E-state index contributed by atoms with van der Waals surface area (Å²) in [5.41, 5.74) is 5.70. The van der Waals surface area contributed by atoms with E-state index >= 15 is 0 Å². The van der Waals surface area contributed by atoms with E-state index in [4.69, 9.17) is 10.5 Å². The summed E-state index contributed by atoms with van der Waals surface area (Å²) in [6, 6.07) is 7.21. The van der Waals surface area contributed by atoms with Crippen LogP contribution in [0.1, 0.15) is 20.8 Å². The van der Waals surface area contributed by atoms with Crippen molar-refractivity contribution in [3.05, 3.63) is 24.3 Å². The smallest absolute Gasteiger partial charge is 0.238 e. The lowest BCUT2D eigenvalue weighted by Crippen LogP contribution is -2.23. The molecule has 1 aromatic carbocycles. The summed E-state index contributed by atoms with van der Waals surface area (Å²) < 4.78 is 5.65. The highest BCUT2D eigenvalue weighted by Gasteiger charge is 2.11. The molecule has 0 aliphatic carbocycles. The van der Waals surface area contributed by atoms with Crippen molar-refractivity contribution in [3.63, 3.8) is 0 Å². The normalized spacial score (nSPS) is 10.4. The first-order chi connectivity index (χ1) is 7.40. The third-order valence-corrected chi connectivity index (χ3v) is 1.75. The molecule has 0 saturated heterocycles.